The first-order valence-electron chi connectivity index (χ1n) is 7.39. The van der Waals surface area contributed by atoms with Crippen LogP contribution in [0.2, 0.25) is 0 Å². The van der Waals surface area contributed by atoms with Gasteiger partial charge in [-0.3, -0.25) is 4.79 Å². The SMILES string of the molecule is CCC(=O)c1ccc(OC[C@@H](O)CN[C@@H](CC)CO)cc1. The normalized spacial score (nSPS) is 13.7. The number of ether oxygens (including phenoxy) is 1. The quantitative estimate of drug-likeness (QED) is 0.568. The van der Waals surface area contributed by atoms with Crippen molar-refractivity contribution in [1.82, 2.24) is 5.32 Å². The summed E-state index contributed by atoms with van der Waals surface area (Å²) in [6.45, 7) is 4.38. The molecule has 0 aliphatic rings. The van der Waals surface area contributed by atoms with Crippen molar-refractivity contribution in [2.24, 2.45) is 0 Å². The smallest absolute Gasteiger partial charge is 0.162 e. The molecule has 0 aliphatic carbocycles. The maximum absolute atomic E-state index is 11.5. The Hall–Kier alpha value is -1.43. The molecule has 0 bridgehead atoms. The van der Waals surface area contributed by atoms with Gasteiger partial charge in [-0.05, 0) is 30.7 Å². The Morgan fingerprint density at radius 3 is 2.48 bits per heavy atom. The third kappa shape index (κ3) is 6.25. The number of Topliss-reactive ketones (excluding diaryl/α,β-unsaturated/α-hetero) is 1. The second-order valence-corrected chi connectivity index (χ2v) is 4.96. The molecule has 0 aromatic heterocycles. The molecule has 0 unspecified atom stereocenters. The monoisotopic (exact) mass is 295 g/mol. The minimum Gasteiger partial charge on any atom is -0.491 e. The Balaban J connectivity index is 2.35. The van der Waals surface area contributed by atoms with Crippen LogP contribution in [0.25, 0.3) is 0 Å². The number of hydrogen-bond acceptors (Lipinski definition) is 5. The second-order valence-electron chi connectivity index (χ2n) is 4.96. The zero-order chi connectivity index (χ0) is 15.7. The van der Waals surface area contributed by atoms with Gasteiger partial charge in [-0.25, -0.2) is 0 Å². The Labute approximate surface area is 125 Å². The lowest BCUT2D eigenvalue weighted by Crippen LogP contribution is -2.39. The lowest BCUT2D eigenvalue weighted by molar-refractivity contribution is 0.0980. The molecule has 5 nitrogen and oxygen atoms in total. The van der Waals surface area contributed by atoms with E-state index < -0.39 is 6.10 Å². The first-order valence-corrected chi connectivity index (χ1v) is 7.39. The van der Waals surface area contributed by atoms with Crippen LogP contribution in [0, 0.1) is 0 Å². The maximum Gasteiger partial charge on any atom is 0.162 e. The van der Waals surface area contributed by atoms with E-state index in [1.807, 2.05) is 13.8 Å². The summed E-state index contributed by atoms with van der Waals surface area (Å²) in [5.41, 5.74) is 0.667. The van der Waals surface area contributed by atoms with Crippen molar-refractivity contribution in [2.45, 2.75) is 38.8 Å². The number of hydrogen-bond donors (Lipinski definition) is 3. The molecule has 118 valence electrons. The Morgan fingerprint density at radius 1 is 1.29 bits per heavy atom. The van der Waals surface area contributed by atoms with Crippen LogP contribution < -0.4 is 10.1 Å². The fourth-order valence-electron chi connectivity index (χ4n) is 1.83. The number of nitrogens with one attached hydrogen (secondary N) is 1. The molecule has 1 aromatic rings. The number of carbonyl (C=O) groups is 1. The molecule has 0 saturated carbocycles. The summed E-state index contributed by atoms with van der Waals surface area (Å²) in [5, 5.41) is 21.9. The number of benzene rings is 1. The van der Waals surface area contributed by atoms with Gasteiger partial charge in [-0.2, -0.15) is 0 Å². The van der Waals surface area contributed by atoms with Gasteiger partial charge in [0.2, 0.25) is 0 Å². The molecule has 0 spiro atoms. The van der Waals surface area contributed by atoms with Crippen LogP contribution in [-0.4, -0.2) is 47.9 Å². The summed E-state index contributed by atoms with van der Waals surface area (Å²) in [7, 11) is 0. The molecule has 1 rings (SSSR count). The molecule has 0 heterocycles. The largest absolute Gasteiger partial charge is 0.491 e. The number of aliphatic hydroxyl groups excluding tert-OH is 2. The molecular weight excluding hydrogens is 270 g/mol. The highest BCUT2D eigenvalue weighted by atomic mass is 16.5. The van der Waals surface area contributed by atoms with Crippen molar-refractivity contribution in [2.75, 3.05) is 19.8 Å². The number of carbonyl (C=O) groups excluding carboxylic acids is 1. The minimum atomic E-state index is -0.650. The fraction of sp³-hybridized carbons (Fsp3) is 0.562. The minimum absolute atomic E-state index is 0.000935. The van der Waals surface area contributed by atoms with E-state index in [1.54, 1.807) is 24.3 Å². The second kappa shape index (κ2) is 9.50. The average molecular weight is 295 g/mol. The predicted octanol–water partition coefficient (Wildman–Crippen LogP) is 1.38. The topological polar surface area (TPSA) is 78.8 Å². The van der Waals surface area contributed by atoms with Crippen molar-refractivity contribution in [3.8, 4) is 5.75 Å². The van der Waals surface area contributed by atoms with Crippen molar-refractivity contribution < 1.29 is 19.7 Å². The fourth-order valence-corrected chi connectivity index (χ4v) is 1.83. The molecule has 3 N–H and O–H groups in total. The maximum atomic E-state index is 11.5. The number of aliphatic hydroxyl groups is 2. The molecule has 0 fully saturated rings. The summed E-state index contributed by atoms with van der Waals surface area (Å²) >= 11 is 0. The van der Waals surface area contributed by atoms with Crippen LogP contribution in [0.15, 0.2) is 24.3 Å². The van der Waals surface area contributed by atoms with E-state index in [4.69, 9.17) is 9.84 Å². The molecule has 1 aromatic carbocycles. The van der Waals surface area contributed by atoms with Gasteiger partial charge in [0.15, 0.2) is 5.78 Å². The first-order chi connectivity index (χ1) is 10.1. The van der Waals surface area contributed by atoms with E-state index in [0.717, 1.165) is 6.42 Å². The molecule has 5 heteroatoms. The highest BCUT2D eigenvalue weighted by molar-refractivity contribution is 5.95. The number of rotatable bonds is 10. The standard InChI is InChI=1S/C16H25NO4/c1-3-13(10-18)17-9-14(19)11-21-15-7-5-12(6-8-15)16(20)4-2/h5-8,13-14,17-19H,3-4,9-11H2,1-2H3/t13-,14-/m0/s1. The molecule has 0 radical (unpaired) electrons. The Kier molecular flexibility index (Phi) is 7.97. The van der Waals surface area contributed by atoms with Gasteiger partial charge >= 0.3 is 0 Å². The summed E-state index contributed by atoms with van der Waals surface area (Å²) in [5.74, 6) is 0.719. The molecule has 0 aliphatic heterocycles. The lowest BCUT2D eigenvalue weighted by atomic mass is 10.1. The highest BCUT2D eigenvalue weighted by Crippen LogP contribution is 2.13. The summed E-state index contributed by atoms with van der Waals surface area (Å²) in [6.07, 6.45) is 0.632. The first kappa shape index (κ1) is 17.6. The number of ketones is 1. The van der Waals surface area contributed by atoms with Crippen molar-refractivity contribution in [3.63, 3.8) is 0 Å². The Bertz CT molecular complexity index is 415. The van der Waals surface area contributed by atoms with E-state index >= 15 is 0 Å². The van der Waals surface area contributed by atoms with Crippen LogP contribution in [-0.2, 0) is 0 Å². The van der Waals surface area contributed by atoms with E-state index in [9.17, 15) is 9.90 Å². The molecule has 2 atom stereocenters. The van der Waals surface area contributed by atoms with Crippen molar-refractivity contribution in [3.05, 3.63) is 29.8 Å². The average Bonchev–Trinajstić information content (AvgIpc) is 2.53. The summed E-state index contributed by atoms with van der Waals surface area (Å²) < 4.78 is 5.47. The third-order valence-electron chi connectivity index (χ3n) is 3.30. The third-order valence-corrected chi connectivity index (χ3v) is 3.30. The van der Waals surface area contributed by atoms with Crippen molar-refractivity contribution >= 4 is 5.78 Å². The van der Waals surface area contributed by atoms with Crippen LogP contribution >= 0.6 is 0 Å². The van der Waals surface area contributed by atoms with Crippen LogP contribution in [0.1, 0.15) is 37.0 Å². The van der Waals surface area contributed by atoms with Gasteiger partial charge in [0.05, 0.1) is 6.61 Å². The van der Waals surface area contributed by atoms with Gasteiger partial charge in [-0.1, -0.05) is 13.8 Å². The van der Waals surface area contributed by atoms with Gasteiger partial charge in [-0.15, -0.1) is 0 Å². The molecule has 0 saturated heterocycles. The lowest BCUT2D eigenvalue weighted by Gasteiger charge is -2.17. The van der Waals surface area contributed by atoms with Gasteiger partial charge < -0.3 is 20.3 Å². The van der Waals surface area contributed by atoms with E-state index in [0.29, 0.717) is 24.3 Å². The summed E-state index contributed by atoms with van der Waals surface area (Å²) in [6, 6.07) is 6.91. The van der Waals surface area contributed by atoms with E-state index in [2.05, 4.69) is 5.32 Å². The van der Waals surface area contributed by atoms with Crippen LogP contribution in [0.5, 0.6) is 5.75 Å². The van der Waals surface area contributed by atoms with Crippen LogP contribution in [0.4, 0.5) is 0 Å². The molecule has 21 heavy (non-hydrogen) atoms. The molecule has 0 amide bonds. The predicted molar refractivity (Wildman–Crippen MR) is 81.7 cm³/mol. The van der Waals surface area contributed by atoms with Gasteiger partial charge in [0, 0.05) is 24.6 Å². The van der Waals surface area contributed by atoms with Gasteiger partial charge in [0.1, 0.15) is 18.5 Å². The van der Waals surface area contributed by atoms with Crippen molar-refractivity contribution in [1.29, 1.82) is 0 Å². The zero-order valence-electron chi connectivity index (χ0n) is 12.7. The Morgan fingerprint density at radius 2 is 1.95 bits per heavy atom. The highest BCUT2D eigenvalue weighted by Gasteiger charge is 2.09. The summed E-state index contributed by atoms with van der Waals surface area (Å²) in [4.78, 5) is 11.5. The van der Waals surface area contributed by atoms with Gasteiger partial charge in [0.25, 0.3) is 0 Å². The zero-order valence-corrected chi connectivity index (χ0v) is 12.7. The van der Waals surface area contributed by atoms with E-state index in [1.165, 1.54) is 0 Å². The molecular formula is C16H25NO4. The van der Waals surface area contributed by atoms with E-state index in [-0.39, 0.29) is 25.0 Å². The van der Waals surface area contributed by atoms with Crippen LogP contribution in [0.3, 0.4) is 0 Å².